The summed E-state index contributed by atoms with van der Waals surface area (Å²) in [7, 11) is 2.93. The van der Waals surface area contributed by atoms with Gasteiger partial charge in [-0.3, -0.25) is 14.4 Å². The highest BCUT2D eigenvalue weighted by Crippen LogP contribution is 2.27. The summed E-state index contributed by atoms with van der Waals surface area (Å²) in [6.45, 7) is 4.31. The van der Waals surface area contributed by atoms with Crippen molar-refractivity contribution >= 4 is 17.7 Å². The van der Waals surface area contributed by atoms with Crippen LogP contribution in [0.3, 0.4) is 0 Å². The number of esters is 1. The molecule has 1 amide bonds. The van der Waals surface area contributed by atoms with Crippen LogP contribution in [0.2, 0.25) is 0 Å². The van der Waals surface area contributed by atoms with E-state index in [2.05, 4.69) is 5.32 Å². The minimum atomic E-state index is -0.762. The van der Waals surface area contributed by atoms with Crippen LogP contribution in [0.15, 0.2) is 42.5 Å². The first-order chi connectivity index (χ1) is 16.7. The molecule has 0 bridgehead atoms. The lowest BCUT2D eigenvalue weighted by Gasteiger charge is -2.11. The number of aromatic nitrogens is 1. The molecule has 1 N–H and O–H groups in total. The van der Waals surface area contributed by atoms with Gasteiger partial charge in [0.2, 0.25) is 5.78 Å². The van der Waals surface area contributed by atoms with Gasteiger partial charge in [0, 0.05) is 28.2 Å². The van der Waals surface area contributed by atoms with E-state index in [0.717, 1.165) is 5.69 Å². The third-order valence-electron chi connectivity index (χ3n) is 5.55. The molecule has 1 heterocycles. The summed E-state index contributed by atoms with van der Waals surface area (Å²) >= 11 is 0. The van der Waals surface area contributed by atoms with E-state index in [-0.39, 0.29) is 11.4 Å². The molecule has 1 aromatic heterocycles. The van der Waals surface area contributed by atoms with Crippen molar-refractivity contribution in [2.75, 3.05) is 27.4 Å². The van der Waals surface area contributed by atoms with E-state index in [1.54, 1.807) is 49.6 Å². The number of hydrogen-bond donors (Lipinski definition) is 1. The van der Waals surface area contributed by atoms with Gasteiger partial charge in [0.1, 0.15) is 12.4 Å². The number of carbonyl (C=O) groups excluding carboxylic acids is 3. The van der Waals surface area contributed by atoms with Gasteiger partial charge in [-0.2, -0.15) is 0 Å². The Morgan fingerprint density at radius 2 is 1.66 bits per heavy atom. The van der Waals surface area contributed by atoms with Gasteiger partial charge in [0.05, 0.1) is 14.2 Å². The largest absolute Gasteiger partial charge is 0.493 e. The highest BCUT2D eigenvalue weighted by molar-refractivity contribution is 6.00. The average molecular weight is 483 g/mol. The van der Waals surface area contributed by atoms with Crippen LogP contribution >= 0.6 is 0 Å². The summed E-state index contributed by atoms with van der Waals surface area (Å²) in [5, 5.41) is 2.45. The fraction of sp³-hybridized carbons (Fsp3) is 0.269. The van der Waals surface area contributed by atoms with E-state index >= 15 is 0 Å². The Labute approximate surface area is 202 Å². The lowest BCUT2D eigenvalue weighted by molar-refractivity contribution is -0.141. The maximum atomic E-state index is 14.0. The van der Waals surface area contributed by atoms with Crippen LogP contribution < -0.4 is 14.8 Å². The standard InChI is InChI=1S/C26H27FN2O6/c1-15-6-8-19(12-21(15)27)29-16(2)10-20(17(29)3)22(30)14-35-25(31)13-28-26(32)18-7-9-23(33-4)24(11-18)34-5/h6-12H,13-14H2,1-5H3,(H,28,32). The zero-order valence-electron chi connectivity index (χ0n) is 20.2. The van der Waals surface area contributed by atoms with Gasteiger partial charge >= 0.3 is 5.97 Å². The number of ketones is 1. The average Bonchev–Trinajstić information content (AvgIpc) is 3.15. The summed E-state index contributed by atoms with van der Waals surface area (Å²) in [6.07, 6.45) is 0. The van der Waals surface area contributed by atoms with Crippen LogP contribution in [0.4, 0.5) is 4.39 Å². The number of rotatable bonds is 9. The molecule has 8 nitrogen and oxygen atoms in total. The van der Waals surface area contributed by atoms with Crippen LogP contribution in [0.5, 0.6) is 11.5 Å². The van der Waals surface area contributed by atoms with E-state index in [1.807, 2.05) is 0 Å². The van der Waals surface area contributed by atoms with E-state index < -0.39 is 30.8 Å². The molecule has 3 rings (SSSR count). The molecule has 0 aliphatic heterocycles. The van der Waals surface area contributed by atoms with Crippen molar-refractivity contribution in [3.63, 3.8) is 0 Å². The lowest BCUT2D eigenvalue weighted by Crippen LogP contribution is -2.31. The first kappa shape index (κ1) is 25.5. The summed E-state index contributed by atoms with van der Waals surface area (Å²) in [6, 6.07) is 11.1. The molecule has 0 saturated carbocycles. The number of benzene rings is 2. The van der Waals surface area contributed by atoms with E-state index in [4.69, 9.17) is 14.2 Å². The van der Waals surface area contributed by atoms with Crippen LogP contribution in [-0.4, -0.2) is 49.6 Å². The third-order valence-corrected chi connectivity index (χ3v) is 5.55. The summed E-state index contributed by atoms with van der Waals surface area (Å²) in [4.78, 5) is 37.1. The topological polar surface area (TPSA) is 95.9 Å². The molecule has 3 aromatic rings. The van der Waals surface area contributed by atoms with Gasteiger partial charge in [-0.1, -0.05) is 6.07 Å². The predicted molar refractivity (Wildman–Crippen MR) is 127 cm³/mol. The SMILES string of the molecule is COc1ccc(C(=O)NCC(=O)OCC(=O)c2cc(C)n(-c3ccc(C)c(F)c3)c2C)cc1OC. The Kier molecular flexibility index (Phi) is 7.91. The number of carbonyl (C=O) groups is 3. The van der Waals surface area contributed by atoms with Gasteiger partial charge in [0.15, 0.2) is 18.1 Å². The Balaban J connectivity index is 1.59. The number of aryl methyl sites for hydroxylation is 2. The van der Waals surface area contributed by atoms with Gasteiger partial charge in [-0.25, -0.2) is 4.39 Å². The second-order valence-corrected chi connectivity index (χ2v) is 7.89. The smallest absolute Gasteiger partial charge is 0.325 e. The molecular weight excluding hydrogens is 455 g/mol. The maximum absolute atomic E-state index is 14.0. The quantitative estimate of drug-likeness (QED) is 0.369. The van der Waals surface area contributed by atoms with Gasteiger partial charge in [-0.05, 0) is 62.7 Å². The molecule has 0 fully saturated rings. The van der Waals surface area contributed by atoms with Gasteiger partial charge in [0.25, 0.3) is 5.91 Å². The van der Waals surface area contributed by atoms with Crippen LogP contribution in [-0.2, 0) is 9.53 Å². The van der Waals surface area contributed by atoms with Crippen molar-refractivity contribution in [2.24, 2.45) is 0 Å². The van der Waals surface area contributed by atoms with Crippen LogP contribution in [0, 0.1) is 26.6 Å². The minimum absolute atomic E-state index is 0.270. The molecule has 0 radical (unpaired) electrons. The summed E-state index contributed by atoms with van der Waals surface area (Å²) in [5.74, 6) is -1.18. The zero-order valence-corrected chi connectivity index (χ0v) is 20.2. The summed E-state index contributed by atoms with van der Waals surface area (Å²) in [5.41, 5.74) is 3.10. The normalized spacial score (nSPS) is 10.6. The molecule has 0 atom stereocenters. The number of amides is 1. The fourth-order valence-corrected chi connectivity index (χ4v) is 3.67. The fourth-order valence-electron chi connectivity index (χ4n) is 3.67. The first-order valence-corrected chi connectivity index (χ1v) is 10.8. The second-order valence-electron chi connectivity index (χ2n) is 7.89. The van der Waals surface area contributed by atoms with Crippen molar-refractivity contribution in [3.05, 3.63) is 76.4 Å². The molecular formula is C26H27FN2O6. The van der Waals surface area contributed by atoms with Gasteiger partial charge in [-0.15, -0.1) is 0 Å². The molecule has 0 unspecified atom stereocenters. The highest BCUT2D eigenvalue weighted by atomic mass is 19.1. The number of halogens is 1. The Hall–Kier alpha value is -4.14. The molecule has 9 heteroatoms. The van der Waals surface area contributed by atoms with Crippen molar-refractivity contribution in [1.29, 1.82) is 0 Å². The molecule has 184 valence electrons. The minimum Gasteiger partial charge on any atom is -0.493 e. The van der Waals surface area contributed by atoms with E-state index in [0.29, 0.717) is 34.0 Å². The van der Waals surface area contributed by atoms with E-state index in [1.165, 1.54) is 32.4 Å². The van der Waals surface area contributed by atoms with Crippen LogP contribution in [0.25, 0.3) is 5.69 Å². The Bertz CT molecular complexity index is 1280. The van der Waals surface area contributed by atoms with Crippen molar-refractivity contribution in [1.82, 2.24) is 9.88 Å². The molecule has 0 aliphatic rings. The highest BCUT2D eigenvalue weighted by Gasteiger charge is 2.19. The number of hydrogen-bond acceptors (Lipinski definition) is 6. The third kappa shape index (κ3) is 5.68. The summed E-state index contributed by atoms with van der Waals surface area (Å²) < 4.78 is 31.1. The van der Waals surface area contributed by atoms with Gasteiger partial charge < -0.3 is 24.1 Å². The predicted octanol–water partition coefficient (Wildman–Crippen LogP) is 3.71. The molecule has 0 aliphatic carbocycles. The number of Topliss-reactive ketones (excluding diaryl/α,β-unsaturated/α-hetero) is 1. The molecule has 2 aromatic carbocycles. The number of methoxy groups -OCH3 is 2. The molecule has 0 spiro atoms. The second kappa shape index (κ2) is 10.9. The molecule has 35 heavy (non-hydrogen) atoms. The molecule has 0 saturated heterocycles. The monoisotopic (exact) mass is 482 g/mol. The van der Waals surface area contributed by atoms with Crippen LogP contribution in [0.1, 0.15) is 37.7 Å². The van der Waals surface area contributed by atoms with Crippen molar-refractivity contribution in [3.8, 4) is 17.2 Å². The number of nitrogens with zero attached hydrogens (tertiary/aromatic N) is 1. The number of ether oxygens (including phenoxy) is 3. The lowest BCUT2D eigenvalue weighted by atomic mass is 10.1. The number of nitrogens with one attached hydrogen (secondary N) is 1. The first-order valence-electron chi connectivity index (χ1n) is 10.8. The Morgan fingerprint density at radius 3 is 2.31 bits per heavy atom. The van der Waals surface area contributed by atoms with E-state index in [9.17, 15) is 18.8 Å². The Morgan fingerprint density at radius 1 is 0.943 bits per heavy atom. The van der Waals surface area contributed by atoms with Crippen molar-refractivity contribution in [2.45, 2.75) is 20.8 Å². The zero-order chi connectivity index (χ0) is 25.7. The van der Waals surface area contributed by atoms with Crippen molar-refractivity contribution < 1.29 is 33.0 Å². The maximum Gasteiger partial charge on any atom is 0.325 e.